The molecule has 6 heterocycles. The largest absolute Gasteiger partial charge is 0.477 e. The Bertz CT molecular complexity index is 2150. The van der Waals surface area contributed by atoms with Crippen LogP contribution in [0.5, 0.6) is 0 Å². The van der Waals surface area contributed by atoms with Gasteiger partial charge in [-0.3, -0.25) is 4.79 Å². The number of aromatic amines is 2. The Morgan fingerprint density at radius 2 is 1.19 bits per heavy atom. The maximum absolute atomic E-state index is 13.9. The molecule has 2 saturated heterocycles. The molecule has 1 amide bonds. The summed E-state index contributed by atoms with van der Waals surface area (Å²) in [6.45, 7) is 9.78. The smallest absolute Gasteiger partial charge is 0.352 e. The Morgan fingerprint density at radius 1 is 0.755 bits per heavy atom. The number of thiazole rings is 2. The summed E-state index contributed by atoms with van der Waals surface area (Å²) < 4.78 is 29.1. The Morgan fingerprint density at radius 3 is 1.62 bits per heavy atom. The number of carboxylic acids is 1. The molecule has 8 rings (SSSR count). The monoisotopic (exact) mass is 792 g/mol. The molecule has 2 aliphatic rings. The molecule has 15 heteroatoms. The fourth-order valence-corrected chi connectivity index (χ4v) is 13.6. The average Bonchev–Trinajstić information content (AvgIpc) is 3.89. The van der Waals surface area contributed by atoms with Crippen LogP contribution >= 0.6 is 22.7 Å². The van der Waals surface area contributed by atoms with Crippen LogP contribution in [0.1, 0.15) is 46.7 Å². The average molecular weight is 793 g/mol. The molecule has 2 fully saturated rings. The fourth-order valence-electron chi connectivity index (χ4n) is 6.59. The van der Waals surface area contributed by atoms with E-state index in [4.69, 9.17) is 10.8 Å². The molecule has 0 atom stereocenters. The zero-order valence-electron chi connectivity index (χ0n) is 30.4. The zero-order valence-corrected chi connectivity index (χ0v) is 34.0. The van der Waals surface area contributed by atoms with E-state index in [1.165, 1.54) is 77.9 Å². The van der Waals surface area contributed by atoms with Gasteiger partial charge in [0, 0.05) is 39.4 Å². The van der Waals surface area contributed by atoms with Gasteiger partial charge in [-0.05, 0) is 62.1 Å². The minimum Gasteiger partial charge on any atom is -0.477 e. The normalized spacial score (nSPS) is 17.1. The van der Waals surface area contributed by atoms with E-state index in [0.717, 1.165) is 17.5 Å². The molecule has 0 radical (unpaired) electrons. The number of carbonyl (C=O) groups is 2. The highest BCUT2D eigenvalue weighted by atomic mass is 32.1. The zero-order chi connectivity index (χ0) is 37.9. The highest BCUT2D eigenvalue weighted by molar-refractivity contribution is 7.22. The second kappa shape index (κ2) is 16.1. The van der Waals surface area contributed by atoms with Gasteiger partial charge in [-0.1, -0.05) is 74.6 Å². The number of hydrogen-bond donors (Lipinski definition) is 5. The number of fused-ring (bicyclic) bond motifs is 2. The molecule has 6 N–H and O–H groups in total. The number of aromatic carboxylic acids is 1. The van der Waals surface area contributed by atoms with Crippen LogP contribution in [0.15, 0.2) is 60.7 Å². The van der Waals surface area contributed by atoms with Crippen molar-refractivity contribution in [3.8, 4) is 21.1 Å². The number of carbonyl (C=O) groups excluding carboxylic acids is 1. The summed E-state index contributed by atoms with van der Waals surface area (Å²) >= 11 is 2.65. The van der Waals surface area contributed by atoms with Crippen LogP contribution in [-0.2, 0) is 0 Å². The van der Waals surface area contributed by atoms with Crippen LogP contribution in [0, 0.1) is 11.6 Å². The van der Waals surface area contributed by atoms with Crippen LogP contribution in [0.25, 0.3) is 41.8 Å². The first kappa shape index (κ1) is 38.7. The molecule has 0 saturated carbocycles. The fraction of sp³-hybridized carbons (Fsp3) is 0.368. The van der Waals surface area contributed by atoms with E-state index in [9.17, 15) is 18.4 Å². The van der Waals surface area contributed by atoms with E-state index in [1.807, 2.05) is 6.07 Å². The lowest BCUT2D eigenvalue weighted by Crippen LogP contribution is -2.42. The lowest BCUT2D eigenvalue weighted by atomic mass is 10.1. The van der Waals surface area contributed by atoms with Crippen LogP contribution in [0.2, 0.25) is 50.4 Å². The lowest BCUT2D eigenvalue weighted by Gasteiger charge is -2.33. The number of aromatic nitrogens is 4. The van der Waals surface area contributed by atoms with Gasteiger partial charge in [0.25, 0.3) is 5.91 Å². The molecule has 280 valence electrons. The van der Waals surface area contributed by atoms with E-state index in [2.05, 4.69) is 51.4 Å². The van der Waals surface area contributed by atoms with Gasteiger partial charge in [-0.15, -0.1) is 22.7 Å². The van der Waals surface area contributed by atoms with E-state index in [0.29, 0.717) is 48.9 Å². The first-order valence-corrected chi connectivity index (χ1v) is 26.4. The third-order valence-electron chi connectivity index (χ3n) is 10.1. The van der Waals surface area contributed by atoms with Crippen LogP contribution in [-0.4, -0.2) is 65.2 Å². The van der Waals surface area contributed by atoms with Crippen molar-refractivity contribution < 1.29 is 23.5 Å². The number of amides is 1. The number of nitrogens with one attached hydrogen (secondary N) is 3. The maximum atomic E-state index is 13.9. The number of H-pyrrole nitrogens is 2. The lowest BCUT2D eigenvalue weighted by molar-refractivity contribution is 0.0691. The van der Waals surface area contributed by atoms with E-state index in [1.54, 1.807) is 36.4 Å². The number of hydrogen-bond acceptors (Lipinski definition) is 7. The molecule has 4 aromatic heterocycles. The van der Waals surface area contributed by atoms with Crippen LogP contribution < -0.4 is 11.1 Å². The van der Waals surface area contributed by atoms with Gasteiger partial charge in [0.2, 0.25) is 0 Å². The van der Waals surface area contributed by atoms with Gasteiger partial charge < -0.3 is 26.1 Å². The second-order valence-corrected chi connectivity index (χ2v) is 28.2. The van der Waals surface area contributed by atoms with E-state index < -0.39 is 22.1 Å². The van der Waals surface area contributed by atoms with Gasteiger partial charge in [0.1, 0.15) is 44.3 Å². The number of nitrogens with zero attached hydrogens (tertiary/aromatic N) is 2. The van der Waals surface area contributed by atoms with Gasteiger partial charge in [0.05, 0.1) is 9.40 Å². The summed E-state index contributed by atoms with van der Waals surface area (Å²) in [7, 11) is -1.73. The molecule has 0 unspecified atom stereocenters. The Labute approximate surface area is 317 Å². The summed E-state index contributed by atoms with van der Waals surface area (Å²) in [5.41, 5.74) is 8.40. The standard InChI is InChI=1S/C19H22FN3OSSi.C12H7FN2O2S.C7H17NSi/c1-26(2)9-7-12(8-10-26)21-18(24)15-11-16-17(22-15)23-19(25-16)13-5-3-4-6-14(13)20;13-7-4-2-1-3-6(7)11-15-10-9(18-11)5-8(14-10)12(16)17;1-9(2)5-3-7(8)4-6-9/h3-6,11-12,22H,7-10H2,1-2H3,(H,21,24);1-5,14H,(H,16,17);7H,3-6,8H2,1-2H3. The van der Waals surface area contributed by atoms with Gasteiger partial charge in [-0.25, -0.2) is 23.5 Å². The van der Waals surface area contributed by atoms with Crippen molar-refractivity contribution in [2.45, 2.75) is 88.1 Å². The molecule has 6 aromatic rings. The van der Waals surface area contributed by atoms with Crippen molar-refractivity contribution in [3.05, 3.63) is 83.7 Å². The molecular weight excluding hydrogens is 747 g/mol. The topological polar surface area (TPSA) is 150 Å². The molecule has 53 heavy (non-hydrogen) atoms. The Balaban J connectivity index is 0.000000153. The second-order valence-electron chi connectivity index (χ2n) is 15.5. The maximum Gasteiger partial charge on any atom is 0.352 e. The number of halogens is 2. The van der Waals surface area contributed by atoms with Crippen molar-refractivity contribution in [3.63, 3.8) is 0 Å². The first-order chi connectivity index (χ1) is 25.2. The molecular formula is C38H46F2N6O3S2Si2. The van der Waals surface area contributed by atoms with Crippen molar-refractivity contribution >= 4 is 71.4 Å². The molecule has 2 aliphatic heterocycles. The predicted molar refractivity (Wildman–Crippen MR) is 218 cm³/mol. The third-order valence-corrected chi connectivity index (χ3v) is 18.7. The number of benzene rings is 2. The van der Waals surface area contributed by atoms with E-state index >= 15 is 0 Å². The highest BCUT2D eigenvalue weighted by Crippen LogP contribution is 2.34. The van der Waals surface area contributed by atoms with Crippen molar-refractivity contribution in [2.75, 3.05) is 0 Å². The quantitative estimate of drug-likeness (QED) is 0.110. The first-order valence-electron chi connectivity index (χ1n) is 17.9. The summed E-state index contributed by atoms with van der Waals surface area (Å²) in [5.74, 6) is -1.74. The van der Waals surface area contributed by atoms with Crippen LogP contribution in [0.3, 0.4) is 0 Å². The summed E-state index contributed by atoms with van der Waals surface area (Å²) in [6.07, 6.45) is 4.74. The van der Waals surface area contributed by atoms with Crippen molar-refractivity contribution in [1.82, 2.24) is 25.3 Å². The van der Waals surface area contributed by atoms with E-state index in [-0.39, 0.29) is 29.3 Å². The minimum atomic E-state index is -1.03. The molecule has 0 bridgehead atoms. The van der Waals surface area contributed by atoms with Gasteiger partial charge >= 0.3 is 5.97 Å². The summed E-state index contributed by atoms with van der Waals surface area (Å²) in [5, 5.41) is 13.1. The van der Waals surface area contributed by atoms with Crippen molar-refractivity contribution in [2.24, 2.45) is 5.73 Å². The molecule has 9 nitrogen and oxygen atoms in total. The SMILES string of the molecule is C[Si]1(C)CCC(N)CC1.C[Si]1(C)CCC(NC(=O)c2cc3sc(-c4ccccc4F)nc3[nH]2)CC1.O=C(O)c1cc2sc(-c3ccccc3F)nc2[nH]1. The summed E-state index contributed by atoms with van der Waals surface area (Å²) in [4.78, 5) is 37.7. The predicted octanol–water partition coefficient (Wildman–Crippen LogP) is 9.98. The van der Waals surface area contributed by atoms with Crippen LogP contribution in [0.4, 0.5) is 8.78 Å². The highest BCUT2D eigenvalue weighted by Gasteiger charge is 2.30. The molecule has 0 aliphatic carbocycles. The van der Waals surface area contributed by atoms with Gasteiger partial charge in [0.15, 0.2) is 0 Å². The van der Waals surface area contributed by atoms with Crippen molar-refractivity contribution in [1.29, 1.82) is 0 Å². The minimum absolute atomic E-state index is 0.0750. The number of nitrogens with two attached hydrogens (primary N) is 1. The Kier molecular flexibility index (Phi) is 11.8. The number of rotatable bonds is 5. The molecule has 2 aromatic carbocycles. The van der Waals surface area contributed by atoms with Gasteiger partial charge in [-0.2, -0.15) is 0 Å². The third kappa shape index (κ3) is 9.75. The Hall–Kier alpha value is -4.03. The molecule has 0 spiro atoms. The summed E-state index contributed by atoms with van der Waals surface area (Å²) in [6, 6.07) is 22.5. The number of carboxylic acid groups (broad SMARTS) is 1.